The number of rotatable bonds is 3. The first kappa shape index (κ1) is 13.7. The van der Waals surface area contributed by atoms with Gasteiger partial charge in [-0.3, -0.25) is 10.6 Å². The largest absolute Gasteiger partial charge is 0.324 e. The molecule has 98 valence electrons. The van der Waals surface area contributed by atoms with Crippen LogP contribution < -0.4 is 16.6 Å². The molecule has 19 heavy (non-hydrogen) atoms. The van der Waals surface area contributed by atoms with E-state index in [2.05, 4.69) is 10.7 Å². The van der Waals surface area contributed by atoms with Crippen molar-refractivity contribution in [2.75, 3.05) is 10.7 Å². The number of carbonyl (C=O) groups excluding carboxylic acids is 1. The highest BCUT2D eigenvalue weighted by atomic mass is 35.5. The molecule has 1 amide bonds. The van der Waals surface area contributed by atoms with Gasteiger partial charge >= 0.3 is 0 Å². The van der Waals surface area contributed by atoms with E-state index in [0.29, 0.717) is 21.3 Å². The molecule has 2 aromatic rings. The smallest absolute Gasteiger partial charge is 0.255 e. The van der Waals surface area contributed by atoms with Crippen molar-refractivity contribution in [1.29, 1.82) is 0 Å². The maximum atomic E-state index is 12.0. The number of carbonyl (C=O) groups is 1. The van der Waals surface area contributed by atoms with E-state index >= 15 is 0 Å². The second kappa shape index (κ2) is 5.93. The van der Waals surface area contributed by atoms with E-state index in [9.17, 15) is 4.79 Å². The quantitative estimate of drug-likeness (QED) is 0.599. The van der Waals surface area contributed by atoms with Crippen LogP contribution in [0.5, 0.6) is 0 Å². The van der Waals surface area contributed by atoms with E-state index in [1.54, 1.807) is 42.5 Å². The topological polar surface area (TPSA) is 67.1 Å². The van der Waals surface area contributed by atoms with Crippen LogP contribution in [0.15, 0.2) is 42.5 Å². The molecule has 4 N–H and O–H groups in total. The van der Waals surface area contributed by atoms with Gasteiger partial charge in [-0.15, -0.1) is 0 Å². The molecule has 0 saturated carbocycles. The Kier molecular flexibility index (Phi) is 4.27. The van der Waals surface area contributed by atoms with Gasteiger partial charge in [0, 0.05) is 16.3 Å². The van der Waals surface area contributed by atoms with Gasteiger partial charge in [-0.05, 0) is 42.5 Å². The van der Waals surface area contributed by atoms with Gasteiger partial charge in [0.1, 0.15) is 0 Å². The molecule has 0 atom stereocenters. The van der Waals surface area contributed by atoms with Crippen LogP contribution in [0.25, 0.3) is 0 Å². The summed E-state index contributed by atoms with van der Waals surface area (Å²) in [6, 6.07) is 11.6. The predicted molar refractivity (Wildman–Crippen MR) is 78.7 cm³/mol. The molecule has 0 aliphatic rings. The van der Waals surface area contributed by atoms with Crippen LogP contribution in [0, 0.1) is 0 Å². The van der Waals surface area contributed by atoms with Crippen LogP contribution in [0.4, 0.5) is 11.4 Å². The SMILES string of the molecule is NNc1ccc(C(=O)Nc2cc(Cl)ccc2Cl)cc1. The zero-order valence-electron chi connectivity index (χ0n) is 9.78. The Hall–Kier alpha value is -1.75. The number of nitrogen functional groups attached to an aromatic ring is 1. The summed E-state index contributed by atoms with van der Waals surface area (Å²) < 4.78 is 0. The number of benzene rings is 2. The molecule has 2 aromatic carbocycles. The molecule has 0 heterocycles. The molecule has 0 bridgehead atoms. The van der Waals surface area contributed by atoms with Crippen molar-refractivity contribution in [3.8, 4) is 0 Å². The Morgan fingerprint density at radius 2 is 1.74 bits per heavy atom. The first-order valence-electron chi connectivity index (χ1n) is 5.43. The lowest BCUT2D eigenvalue weighted by molar-refractivity contribution is 0.102. The third kappa shape index (κ3) is 3.38. The lowest BCUT2D eigenvalue weighted by Crippen LogP contribution is -2.12. The van der Waals surface area contributed by atoms with Crippen molar-refractivity contribution in [3.63, 3.8) is 0 Å². The van der Waals surface area contributed by atoms with Crippen molar-refractivity contribution < 1.29 is 4.79 Å². The minimum Gasteiger partial charge on any atom is -0.324 e. The summed E-state index contributed by atoms with van der Waals surface area (Å²) in [5.41, 5.74) is 4.18. The fraction of sp³-hybridized carbons (Fsp3) is 0. The molecule has 0 saturated heterocycles. The van der Waals surface area contributed by atoms with Gasteiger partial charge in [-0.2, -0.15) is 0 Å². The number of amides is 1. The van der Waals surface area contributed by atoms with E-state index in [0.717, 1.165) is 5.69 Å². The Morgan fingerprint density at radius 1 is 1.05 bits per heavy atom. The van der Waals surface area contributed by atoms with Gasteiger partial charge in [0.15, 0.2) is 0 Å². The van der Waals surface area contributed by atoms with Crippen LogP contribution >= 0.6 is 23.2 Å². The van der Waals surface area contributed by atoms with Crippen molar-refractivity contribution in [3.05, 3.63) is 58.1 Å². The van der Waals surface area contributed by atoms with E-state index in [-0.39, 0.29) is 5.91 Å². The van der Waals surface area contributed by atoms with Crippen molar-refractivity contribution in [1.82, 2.24) is 0 Å². The first-order chi connectivity index (χ1) is 9.10. The second-order valence-electron chi connectivity index (χ2n) is 3.80. The summed E-state index contributed by atoms with van der Waals surface area (Å²) in [5, 5.41) is 3.63. The van der Waals surface area contributed by atoms with Gasteiger partial charge in [-0.25, -0.2) is 0 Å². The number of anilines is 2. The molecule has 6 heteroatoms. The molecule has 2 rings (SSSR count). The van der Waals surface area contributed by atoms with Gasteiger partial charge in [0.25, 0.3) is 5.91 Å². The van der Waals surface area contributed by atoms with Crippen molar-refractivity contribution in [2.24, 2.45) is 5.84 Å². The number of halogens is 2. The Labute approximate surface area is 120 Å². The summed E-state index contributed by atoms with van der Waals surface area (Å²) in [6.45, 7) is 0. The predicted octanol–water partition coefficient (Wildman–Crippen LogP) is 3.53. The zero-order chi connectivity index (χ0) is 13.8. The summed E-state index contributed by atoms with van der Waals surface area (Å²) in [5.74, 6) is 4.98. The van der Waals surface area contributed by atoms with Gasteiger partial charge < -0.3 is 10.7 Å². The minimum absolute atomic E-state index is 0.271. The third-order valence-corrected chi connectivity index (χ3v) is 3.06. The van der Waals surface area contributed by atoms with Gasteiger partial charge in [0.05, 0.1) is 10.7 Å². The molecule has 0 aromatic heterocycles. The lowest BCUT2D eigenvalue weighted by Gasteiger charge is -2.08. The molecule has 0 fully saturated rings. The van der Waals surface area contributed by atoms with E-state index < -0.39 is 0 Å². The summed E-state index contributed by atoms with van der Waals surface area (Å²) >= 11 is 11.8. The van der Waals surface area contributed by atoms with E-state index in [1.165, 1.54) is 0 Å². The number of hydrazine groups is 1. The molecule has 4 nitrogen and oxygen atoms in total. The monoisotopic (exact) mass is 295 g/mol. The Bertz CT molecular complexity index is 599. The van der Waals surface area contributed by atoms with Gasteiger partial charge in [0.2, 0.25) is 0 Å². The lowest BCUT2D eigenvalue weighted by atomic mass is 10.2. The Balaban J connectivity index is 2.18. The highest BCUT2D eigenvalue weighted by Gasteiger charge is 2.08. The fourth-order valence-electron chi connectivity index (χ4n) is 1.51. The maximum Gasteiger partial charge on any atom is 0.255 e. The summed E-state index contributed by atoms with van der Waals surface area (Å²) in [6.07, 6.45) is 0. The van der Waals surface area contributed by atoms with E-state index in [4.69, 9.17) is 29.0 Å². The summed E-state index contributed by atoms with van der Waals surface area (Å²) in [7, 11) is 0. The standard InChI is InChI=1S/C13H11Cl2N3O/c14-9-3-6-11(15)12(7-9)17-13(19)8-1-4-10(18-16)5-2-8/h1-7,18H,16H2,(H,17,19). The number of nitrogens with two attached hydrogens (primary N) is 1. The van der Waals surface area contributed by atoms with Crippen LogP contribution in [0.1, 0.15) is 10.4 Å². The number of nitrogens with one attached hydrogen (secondary N) is 2. The van der Waals surface area contributed by atoms with Crippen molar-refractivity contribution >= 4 is 40.5 Å². The highest BCUT2D eigenvalue weighted by molar-refractivity contribution is 6.35. The normalized spacial score (nSPS) is 10.1. The van der Waals surface area contributed by atoms with E-state index in [1.807, 2.05) is 0 Å². The third-order valence-electron chi connectivity index (χ3n) is 2.49. The molecule has 0 aliphatic heterocycles. The molecule has 0 aliphatic carbocycles. The van der Waals surface area contributed by atoms with Crippen LogP contribution in [-0.2, 0) is 0 Å². The summed E-state index contributed by atoms with van der Waals surface area (Å²) in [4.78, 5) is 12.0. The Morgan fingerprint density at radius 3 is 2.37 bits per heavy atom. The second-order valence-corrected chi connectivity index (χ2v) is 4.64. The van der Waals surface area contributed by atoms with Crippen molar-refractivity contribution in [2.45, 2.75) is 0 Å². The van der Waals surface area contributed by atoms with Crippen LogP contribution in [0.3, 0.4) is 0 Å². The first-order valence-corrected chi connectivity index (χ1v) is 6.19. The van der Waals surface area contributed by atoms with Crippen LogP contribution in [-0.4, -0.2) is 5.91 Å². The molecular weight excluding hydrogens is 285 g/mol. The molecular formula is C13H11Cl2N3O. The maximum absolute atomic E-state index is 12.0. The molecule has 0 spiro atoms. The number of hydrogen-bond acceptors (Lipinski definition) is 3. The zero-order valence-corrected chi connectivity index (χ0v) is 11.3. The van der Waals surface area contributed by atoms with Crippen LogP contribution in [0.2, 0.25) is 10.0 Å². The molecule has 0 radical (unpaired) electrons. The molecule has 0 unspecified atom stereocenters. The van der Waals surface area contributed by atoms with Gasteiger partial charge in [-0.1, -0.05) is 23.2 Å². The average Bonchev–Trinajstić information content (AvgIpc) is 2.43. The minimum atomic E-state index is -0.271. The fourth-order valence-corrected chi connectivity index (χ4v) is 1.84. The highest BCUT2D eigenvalue weighted by Crippen LogP contribution is 2.25. The number of hydrogen-bond donors (Lipinski definition) is 3. The average molecular weight is 296 g/mol.